The smallest absolute Gasteiger partial charge is 0.307 e. The van der Waals surface area contributed by atoms with Crippen LogP contribution in [0.2, 0.25) is 0 Å². The van der Waals surface area contributed by atoms with Crippen molar-refractivity contribution in [3.05, 3.63) is 35.9 Å². The van der Waals surface area contributed by atoms with E-state index in [-0.39, 0.29) is 30.3 Å². The van der Waals surface area contributed by atoms with Crippen LogP contribution >= 0.6 is 0 Å². The molecule has 5 heteroatoms. The number of unbranched alkanes of at least 4 members (excludes halogenated alkanes) is 4. The van der Waals surface area contributed by atoms with E-state index in [1.54, 1.807) is 0 Å². The maximum absolute atomic E-state index is 13.4. The Kier molecular flexibility index (Phi) is 9.83. The number of benzene rings is 1. The van der Waals surface area contributed by atoms with Crippen LogP contribution in [0.3, 0.4) is 0 Å². The first kappa shape index (κ1) is 24.4. The molecule has 30 heavy (non-hydrogen) atoms. The van der Waals surface area contributed by atoms with E-state index < -0.39 is 5.60 Å². The third-order valence-electron chi connectivity index (χ3n) is 5.42. The van der Waals surface area contributed by atoms with Gasteiger partial charge in [0.2, 0.25) is 5.91 Å². The molecule has 0 aliphatic carbocycles. The minimum Gasteiger partial charge on any atom is -0.460 e. The van der Waals surface area contributed by atoms with Crippen molar-refractivity contribution in [1.29, 1.82) is 0 Å². The van der Waals surface area contributed by atoms with E-state index in [4.69, 9.17) is 9.47 Å². The molecular weight excluding hydrogens is 378 g/mol. The first-order valence-electron chi connectivity index (χ1n) is 11.4. The van der Waals surface area contributed by atoms with Gasteiger partial charge in [-0.05, 0) is 39.2 Å². The monoisotopic (exact) mass is 417 g/mol. The van der Waals surface area contributed by atoms with Crippen LogP contribution in [0.4, 0.5) is 0 Å². The fourth-order valence-electron chi connectivity index (χ4n) is 3.91. The SMILES string of the molecule is CCCCCCCC(CC(=O)OC(C)(C)C)C(=O)N1COCC1Cc1ccccc1. The van der Waals surface area contributed by atoms with Crippen molar-refractivity contribution in [1.82, 2.24) is 4.90 Å². The molecule has 2 rings (SSSR count). The highest BCUT2D eigenvalue weighted by Gasteiger charge is 2.35. The summed E-state index contributed by atoms with van der Waals surface area (Å²) in [7, 11) is 0. The number of esters is 1. The zero-order chi connectivity index (χ0) is 22.0. The summed E-state index contributed by atoms with van der Waals surface area (Å²) >= 11 is 0. The van der Waals surface area contributed by atoms with Gasteiger partial charge in [0.05, 0.1) is 19.1 Å². The first-order valence-corrected chi connectivity index (χ1v) is 11.4. The molecule has 1 aliphatic rings. The summed E-state index contributed by atoms with van der Waals surface area (Å²) in [5.74, 6) is -0.620. The molecule has 0 radical (unpaired) electrons. The Hall–Kier alpha value is -1.88. The van der Waals surface area contributed by atoms with Gasteiger partial charge >= 0.3 is 5.97 Å². The Bertz CT molecular complexity index is 653. The second-order valence-corrected chi connectivity index (χ2v) is 9.34. The van der Waals surface area contributed by atoms with Gasteiger partial charge in [0.15, 0.2) is 0 Å². The van der Waals surface area contributed by atoms with Crippen LogP contribution < -0.4 is 0 Å². The van der Waals surface area contributed by atoms with Crippen LogP contribution in [0.5, 0.6) is 0 Å². The molecular formula is C25H39NO4. The summed E-state index contributed by atoms with van der Waals surface area (Å²) in [5, 5.41) is 0. The Morgan fingerprint density at radius 3 is 2.50 bits per heavy atom. The summed E-state index contributed by atoms with van der Waals surface area (Å²) in [4.78, 5) is 27.7. The number of hydrogen-bond acceptors (Lipinski definition) is 4. The van der Waals surface area contributed by atoms with E-state index in [2.05, 4.69) is 19.1 Å². The molecule has 1 amide bonds. The first-order chi connectivity index (χ1) is 14.3. The van der Waals surface area contributed by atoms with Crippen LogP contribution in [-0.4, -0.2) is 41.8 Å². The third-order valence-corrected chi connectivity index (χ3v) is 5.42. The number of ether oxygens (including phenoxy) is 2. The van der Waals surface area contributed by atoms with Gasteiger partial charge in [-0.15, -0.1) is 0 Å². The van der Waals surface area contributed by atoms with E-state index in [1.165, 1.54) is 24.8 Å². The number of nitrogens with zero attached hydrogens (tertiary/aromatic N) is 1. The van der Waals surface area contributed by atoms with Crippen LogP contribution in [0.25, 0.3) is 0 Å². The number of carbonyl (C=O) groups is 2. The minimum atomic E-state index is -0.543. The summed E-state index contributed by atoms with van der Waals surface area (Å²) in [5.41, 5.74) is 0.646. The topological polar surface area (TPSA) is 55.8 Å². The maximum Gasteiger partial charge on any atom is 0.307 e. The second kappa shape index (κ2) is 12.1. The quantitative estimate of drug-likeness (QED) is 0.370. The highest BCUT2D eigenvalue weighted by atomic mass is 16.6. The third kappa shape index (κ3) is 8.47. The molecule has 1 aromatic carbocycles. The average Bonchev–Trinajstić information content (AvgIpc) is 3.13. The predicted octanol–water partition coefficient (Wildman–Crippen LogP) is 5.12. The zero-order valence-electron chi connectivity index (χ0n) is 19.2. The van der Waals surface area contributed by atoms with Gasteiger partial charge in [0.25, 0.3) is 0 Å². The van der Waals surface area contributed by atoms with Crippen molar-refractivity contribution >= 4 is 11.9 Å². The van der Waals surface area contributed by atoms with Crippen molar-refractivity contribution in [2.75, 3.05) is 13.3 Å². The molecule has 0 N–H and O–H groups in total. The predicted molar refractivity (Wildman–Crippen MR) is 119 cm³/mol. The van der Waals surface area contributed by atoms with E-state index in [0.29, 0.717) is 13.3 Å². The second-order valence-electron chi connectivity index (χ2n) is 9.34. The van der Waals surface area contributed by atoms with Crippen LogP contribution in [-0.2, 0) is 25.5 Å². The van der Waals surface area contributed by atoms with Crippen molar-refractivity contribution < 1.29 is 19.1 Å². The van der Waals surface area contributed by atoms with Crippen molar-refractivity contribution in [3.63, 3.8) is 0 Å². The molecule has 5 nitrogen and oxygen atoms in total. The number of amides is 1. The standard InChI is InChI=1S/C25H39NO4/c1-5-6-7-8-12-15-21(17-23(27)30-25(2,3)4)24(28)26-19-29-18-22(26)16-20-13-10-9-11-14-20/h9-11,13-14,21-22H,5-8,12,15-19H2,1-4H3. The van der Waals surface area contributed by atoms with Crippen LogP contribution in [0.1, 0.15) is 78.2 Å². The molecule has 1 aromatic rings. The average molecular weight is 418 g/mol. The zero-order valence-corrected chi connectivity index (χ0v) is 19.2. The van der Waals surface area contributed by atoms with Gasteiger partial charge in [-0.2, -0.15) is 0 Å². The molecule has 2 unspecified atom stereocenters. The summed E-state index contributed by atoms with van der Waals surface area (Å²) in [6.07, 6.45) is 7.24. The Morgan fingerprint density at radius 1 is 1.13 bits per heavy atom. The molecule has 1 fully saturated rings. The van der Waals surface area contributed by atoms with Crippen molar-refractivity contribution in [3.8, 4) is 0 Å². The lowest BCUT2D eigenvalue weighted by molar-refractivity contribution is -0.159. The van der Waals surface area contributed by atoms with E-state index in [0.717, 1.165) is 25.7 Å². The highest BCUT2D eigenvalue weighted by Crippen LogP contribution is 2.24. The van der Waals surface area contributed by atoms with Crippen molar-refractivity contribution in [2.45, 2.75) is 90.7 Å². The van der Waals surface area contributed by atoms with Crippen molar-refractivity contribution in [2.24, 2.45) is 5.92 Å². The fraction of sp³-hybridized carbons (Fsp3) is 0.680. The Morgan fingerprint density at radius 2 is 1.83 bits per heavy atom. The van der Waals surface area contributed by atoms with E-state index >= 15 is 0 Å². The lowest BCUT2D eigenvalue weighted by Crippen LogP contribution is -2.42. The van der Waals surface area contributed by atoms with E-state index in [1.807, 2.05) is 43.9 Å². The minimum absolute atomic E-state index is 0.0149. The number of carbonyl (C=O) groups excluding carboxylic acids is 2. The molecule has 168 valence electrons. The van der Waals surface area contributed by atoms with Gasteiger partial charge in [0, 0.05) is 5.92 Å². The lowest BCUT2D eigenvalue weighted by Gasteiger charge is -2.28. The number of rotatable bonds is 11. The van der Waals surface area contributed by atoms with Crippen LogP contribution in [0, 0.1) is 5.92 Å². The molecule has 1 aliphatic heterocycles. The van der Waals surface area contributed by atoms with Gasteiger partial charge in [-0.3, -0.25) is 9.59 Å². The molecule has 1 heterocycles. The molecule has 0 bridgehead atoms. The Labute approximate surface area is 182 Å². The Balaban J connectivity index is 2.02. The van der Waals surface area contributed by atoms with Gasteiger partial charge in [-0.25, -0.2) is 0 Å². The molecule has 2 atom stereocenters. The summed E-state index contributed by atoms with van der Waals surface area (Å²) in [6, 6.07) is 10.2. The fourth-order valence-corrected chi connectivity index (χ4v) is 3.91. The highest BCUT2D eigenvalue weighted by molar-refractivity contribution is 5.84. The summed E-state index contributed by atoms with van der Waals surface area (Å²) < 4.78 is 11.2. The van der Waals surface area contributed by atoms with Gasteiger partial charge < -0.3 is 14.4 Å². The number of hydrogen-bond donors (Lipinski definition) is 0. The largest absolute Gasteiger partial charge is 0.460 e. The molecule has 0 spiro atoms. The molecule has 1 saturated heterocycles. The van der Waals surface area contributed by atoms with Crippen LogP contribution in [0.15, 0.2) is 30.3 Å². The molecule has 0 saturated carbocycles. The maximum atomic E-state index is 13.4. The lowest BCUT2D eigenvalue weighted by atomic mass is 9.94. The van der Waals surface area contributed by atoms with Gasteiger partial charge in [-0.1, -0.05) is 69.4 Å². The summed E-state index contributed by atoms with van der Waals surface area (Å²) in [6.45, 7) is 8.60. The van der Waals surface area contributed by atoms with Gasteiger partial charge in [0.1, 0.15) is 12.3 Å². The normalized spacial score (nSPS) is 17.7. The molecule has 0 aromatic heterocycles. The van der Waals surface area contributed by atoms with E-state index in [9.17, 15) is 9.59 Å².